The van der Waals surface area contributed by atoms with Crippen LogP contribution in [-0.2, 0) is 11.2 Å². The third-order valence-electron chi connectivity index (χ3n) is 4.29. The van der Waals surface area contributed by atoms with Gasteiger partial charge in [-0.05, 0) is 24.0 Å². The molecule has 0 bridgehead atoms. The van der Waals surface area contributed by atoms with Crippen molar-refractivity contribution in [2.45, 2.75) is 18.4 Å². The van der Waals surface area contributed by atoms with Gasteiger partial charge in [0, 0.05) is 23.5 Å². The number of fused-ring (bicyclic) bond motifs is 1. The Hall–Kier alpha value is -2.76. The lowest BCUT2D eigenvalue weighted by atomic mass is 9.76. The number of ether oxygens (including phenoxy) is 1. The first kappa shape index (κ1) is 12.9. The van der Waals surface area contributed by atoms with Crippen LogP contribution in [0.3, 0.4) is 0 Å². The summed E-state index contributed by atoms with van der Waals surface area (Å²) >= 11 is 0. The van der Waals surface area contributed by atoms with Crippen molar-refractivity contribution in [2.24, 2.45) is 10.7 Å². The van der Waals surface area contributed by atoms with E-state index in [0.717, 1.165) is 23.1 Å². The summed E-state index contributed by atoms with van der Waals surface area (Å²) in [6.45, 7) is 0.232. The highest BCUT2D eigenvalue weighted by atomic mass is 16.5. The summed E-state index contributed by atoms with van der Waals surface area (Å²) in [5.41, 5.74) is 8.38. The van der Waals surface area contributed by atoms with E-state index in [9.17, 15) is 4.79 Å². The van der Waals surface area contributed by atoms with Crippen molar-refractivity contribution >= 4 is 11.8 Å². The molecule has 2 N–H and O–H groups in total. The standard InChI is InChI=1S/C16H14N4O2/c17-15-20-16(8-22-15)5-4-12-11(10-6-18-9-19-7-10)2-1-3-13(12)14(16)21/h1-3,6-7,9H,4-5,8H2,(H2,17,20)/t16-/m0/s1. The molecule has 1 aromatic heterocycles. The molecule has 2 aromatic rings. The largest absolute Gasteiger partial charge is 0.462 e. The molecule has 0 saturated heterocycles. The van der Waals surface area contributed by atoms with Gasteiger partial charge >= 0.3 is 0 Å². The van der Waals surface area contributed by atoms with Crippen molar-refractivity contribution < 1.29 is 9.53 Å². The first-order valence-electron chi connectivity index (χ1n) is 7.10. The second kappa shape index (κ2) is 4.62. The Labute approximate surface area is 127 Å². The first-order valence-corrected chi connectivity index (χ1v) is 7.10. The fourth-order valence-corrected chi connectivity index (χ4v) is 3.19. The van der Waals surface area contributed by atoms with Crippen LogP contribution >= 0.6 is 0 Å². The van der Waals surface area contributed by atoms with E-state index in [1.54, 1.807) is 12.4 Å². The Morgan fingerprint density at radius 2 is 1.95 bits per heavy atom. The van der Waals surface area contributed by atoms with Gasteiger partial charge in [-0.2, -0.15) is 0 Å². The van der Waals surface area contributed by atoms with E-state index in [-0.39, 0.29) is 18.4 Å². The zero-order chi connectivity index (χ0) is 15.2. The quantitative estimate of drug-likeness (QED) is 0.857. The second-order valence-electron chi connectivity index (χ2n) is 5.56. The van der Waals surface area contributed by atoms with Crippen LogP contribution in [-0.4, -0.2) is 33.9 Å². The molecule has 1 spiro atoms. The van der Waals surface area contributed by atoms with Crippen LogP contribution in [0.4, 0.5) is 0 Å². The topological polar surface area (TPSA) is 90.5 Å². The lowest BCUT2D eigenvalue weighted by Gasteiger charge is -2.29. The van der Waals surface area contributed by atoms with Crippen LogP contribution in [0, 0.1) is 0 Å². The van der Waals surface area contributed by atoms with Crippen LogP contribution in [0.25, 0.3) is 11.1 Å². The van der Waals surface area contributed by atoms with Gasteiger partial charge in [0.15, 0.2) is 11.3 Å². The Bertz CT molecular complexity index is 788. The zero-order valence-corrected chi connectivity index (χ0v) is 11.8. The van der Waals surface area contributed by atoms with Crippen molar-refractivity contribution in [3.63, 3.8) is 0 Å². The smallest absolute Gasteiger partial charge is 0.283 e. The predicted molar refractivity (Wildman–Crippen MR) is 80.4 cm³/mol. The van der Waals surface area contributed by atoms with Crippen molar-refractivity contribution in [2.75, 3.05) is 6.61 Å². The number of aliphatic imine (C=N–C) groups is 1. The van der Waals surface area contributed by atoms with Gasteiger partial charge < -0.3 is 10.5 Å². The third kappa shape index (κ3) is 1.80. The Balaban J connectivity index is 1.83. The zero-order valence-electron chi connectivity index (χ0n) is 11.8. The molecule has 22 heavy (non-hydrogen) atoms. The molecule has 6 nitrogen and oxygen atoms in total. The highest BCUT2D eigenvalue weighted by molar-refractivity contribution is 6.08. The summed E-state index contributed by atoms with van der Waals surface area (Å²) in [6, 6.07) is 5.81. The van der Waals surface area contributed by atoms with E-state index in [1.165, 1.54) is 6.33 Å². The molecule has 0 amide bonds. The summed E-state index contributed by atoms with van der Waals surface area (Å²) in [5.74, 6) is -0.0205. The Kier molecular flexibility index (Phi) is 2.72. The molecule has 2 heterocycles. The molecule has 0 saturated carbocycles. The molecule has 4 rings (SSSR count). The van der Waals surface area contributed by atoms with Crippen molar-refractivity contribution in [1.82, 2.24) is 9.97 Å². The fraction of sp³-hybridized carbons (Fsp3) is 0.250. The molecular weight excluding hydrogens is 280 g/mol. The molecule has 1 atom stereocenters. The lowest BCUT2D eigenvalue weighted by molar-refractivity contribution is 0.0835. The van der Waals surface area contributed by atoms with E-state index >= 15 is 0 Å². The summed E-state index contributed by atoms with van der Waals surface area (Å²) in [7, 11) is 0. The number of ketones is 1. The SMILES string of the molecule is NC1=N[C@@]2(CCc3c(cccc3-c3cncnc3)C2=O)CO1. The molecule has 6 heteroatoms. The highest BCUT2D eigenvalue weighted by Gasteiger charge is 2.47. The normalized spacial score (nSPS) is 23.1. The molecule has 1 aromatic carbocycles. The lowest BCUT2D eigenvalue weighted by Crippen LogP contribution is -2.42. The van der Waals surface area contributed by atoms with E-state index < -0.39 is 5.54 Å². The number of rotatable bonds is 1. The molecule has 0 fully saturated rings. The average molecular weight is 294 g/mol. The van der Waals surface area contributed by atoms with Gasteiger partial charge in [-0.25, -0.2) is 15.0 Å². The number of amidine groups is 1. The maximum Gasteiger partial charge on any atom is 0.283 e. The van der Waals surface area contributed by atoms with E-state index in [2.05, 4.69) is 15.0 Å². The van der Waals surface area contributed by atoms with Crippen LogP contribution in [0.2, 0.25) is 0 Å². The van der Waals surface area contributed by atoms with Gasteiger partial charge in [0.2, 0.25) is 0 Å². The van der Waals surface area contributed by atoms with E-state index in [1.807, 2.05) is 18.2 Å². The number of benzene rings is 1. The number of hydrogen-bond acceptors (Lipinski definition) is 6. The van der Waals surface area contributed by atoms with Gasteiger partial charge in [-0.15, -0.1) is 0 Å². The number of carbonyl (C=O) groups excluding carboxylic acids is 1. The first-order chi connectivity index (χ1) is 10.7. The highest BCUT2D eigenvalue weighted by Crippen LogP contribution is 2.38. The van der Waals surface area contributed by atoms with Gasteiger partial charge in [-0.3, -0.25) is 4.79 Å². The van der Waals surface area contributed by atoms with Gasteiger partial charge in [0.05, 0.1) is 0 Å². The monoisotopic (exact) mass is 294 g/mol. The van der Waals surface area contributed by atoms with Crippen LogP contribution in [0.15, 0.2) is 41.9 Å². The molecule has 0 unspecified atom stereocenters. The third-order valence-corrected chi connectivity index (χ3v) is 4.29. The Morgan fingerprint density at radius 3 is 2.68 bits per heavy atom. The predicted octanol–water partition coefficient (Wildman–Crippen LogP) is 1.36. The number of nitrogens with zero attached hydrogens (tertiary/aromatic N) is 3. The number of carbonyl (C=O) groups is 1. The van der Waals surface area contributed by atoms with Crippen LogP contribution in [0.5, 0.6) is 0 Å². The van der Waals surface area contributed by atoms with E-state index in [4.69, 9.17) is 10.5 Å². The Morgan fingerprint density at radius 1 is 1.18 bits per heavy atom. The van der Waals surface area contributed by atoms with E-state index in [0.29, 0.717) is 12.0 Å². The van der Waals surface area contributed by atoms with Crippen molar-refractivity contribution in [3.05, 3.63) is 48.0 Å². The van der Waals surface area contributed by atoms with Gasteiger partial charge in [-0.1, -0.05) is 18.2 Å². The van der Waals surface area contributed by atoms with Crippen molar-refractivity contribution in [1.29, 1.82) is 0 Å². The van der Waals surface area contributed by atoms with Crippen LogP contribution in [0.1, 0.15) is 22.3 Å². The van der Waals surface area contributed by atoms with Crippen LogP contribution < -0.4 is 5.73 Å². The number of Topliss-reactive ketones (excluding diaryl/α,β-unsaturated/α-hetero) is 1. The molecule has 0 radical (unpaired) electrons. The average Bonchev–Trinajstić information content (AvgIpc) is 2.94. The number of nitrogens with two attached hydrogens (primary N) is 1. The number of aromatic nitrogens is 2. The fourth-order valence-electron chi connectivity index (χ4n) is 3.19. The maximum atomic E-state index is 12.9. The summed E-state index contributed by atoms with van der Waals surface area (Å²) in [6.07, 6.45) is 6.35. The van der Waals surface area contributed by atoms with Gasteiger partial charge in [0.1, 0.15) is 12.9 Å². The summed E-state index contributed by atoms with van der Waals surface area (Å²) in [4.78, 5) is 25.3. The maximum absolute atomic E-state index is 12.9. The summed E-state index contributed by atoms with van der Waals surface area (Å²) in [5, 5.41) is 0. The number of hydrogen-bond donors (Lipinski definition) is 1. The molecule has 2 aliphatic rings. The molecule has 110 valence electrons. The minimum absolute atomic E-state index is 0.0205. The minimum atomic E-state index is -0.844. The molecular formula is C16H14N4O2. The van der Waals surface area contributed by atoms with Crippen molar-refractivity contribution in [3.8, 4) is 11.1 Å². The second-order valence-corrected chi connectivity index (χ2v) is 5.56. The molecule has 1 aliphatic heterocycles. The summed E-state index contributed by atoms with van der Waals surface area (Å²) < 4.78 is 5.23. The van der Waals surface area contributed by atoms with Gasteiger partial charge in [0.25, 0.3) is 6.02 Å². The minimum Gasteiger partial charge on any atom is -0.462 e. The molecule has 1 aliphatic carbocycles.